The summed E-state index contributed by atoms with van der Waals surface area (Å²) in [6, 6.07) is 0. The first kappa shape index (κ1) is 16.6. The quantitative estimate of drug-likeness (QED) is 0.343. The molecule has 2 aromatic heterocycles. The Kier molecular flexibility index (Phi) is 4.33. The molecular formula is C10H13N4O7PS. The van der Waals surface area contributed by atoms with Crippen LogP contribution in [0, 0.1) is 4.64 Å². The molecule has 4 atom stereocenters. The van der Waals surface area contributed by atoms with Gasteiger partial charge in [-0.15, -0.1) is 0 Å². The standard InChI is InChI=1S/C10H13N4O7PS/c15-1-4-6(16)7(21-22(17,18)19)10(20-4)14-3-13-5-8(14)11-2-12-9(5)23/h2-4,6-7,10,15-16H,1H2,(H,11,12,23)(H2,17,18,19). The third kappa shape index (κ3) is 3.07. The molecule has 0 bridgehead atoms. The number of H-pyrrole nitrogens is 1. The van der Waals surface area contributed by atoms with Gasteiger partial charge in [-0.3, -0.25) is 9.09 Å². The lowest BCUT2D eigenvalue weighted by Crippen LogP contribution is -2.34. The van der Waals surface area contributed by atoms with Crippen LogP contribution in [0.4, 0.5) is 0 Å². The third-order valence-electron chi connectivity index (χ3n) is 3.41. The molecular weight excluding hydrogens is 351 g/mol. The van der Waals surface area contributed by atoms with Gasteiger partial charge in [0.25, 0.3) is 0 Å². The van der Waals surface area contributed by atoms with Crippen molar-refractivity contribution in [2.24, 2.45) is 0 Å². The second-order valence-corrected chi connectivity index (χ2v) is 6.43. The number of fused-ring (bicyclic) bond motifs is 1. The van der Waals surface area contributed by atoms with Crippen LogP contribution in [0.5, 0.6) is 0 Å². The number of aliphatic hydroxyl groups is 2. The van der Waals surface area contributed by atoms with E-state index in [2.05, 4.69) is 19.5 Å². The van der Waals surface area contributed by atoms with E-state index in [1.54, 1.807) is 0 Å². The van der Waals surface area contributed by atoms with Gasteiger partial charge in [0.05, 0.1) is 19.3 Å². The average Bonchev–Trinajstić information content (AvgIpc) is 3.01. The van der Waals surface area contributed by atoms with Gasteiger partial charge in [0, 0.05) is 0 Å². The summed E-state index contributed by atoms with van der Waals surface area (Å²) < 4.78 is 22.8. The fraction of sp³-hybridized carbons (Fsp3) is 0.500. The summed E-state index contributed by atoms with van der Waals surface area (Å²) in [7, 11) is -4.90. The zero-order chi connectivity index (χ0) is 16.8. The van der Waals surface area contributed by atoms with E-state index in [0.717, 1.165) is 0 Å². The Balaban J connectivity index is 2.05. The highest BCUT2D eigenvalue weighted by Gasteiger charge is 2.48. The maximum atomic E-state index is 11.1. The van der Waals surface area contributed by atoms with Crippen molar-refractivity contribution in [1.82, 2.24) is 19.5 Å². The van der Waals surface area contributed by atoms with E-state index in [1.807, 2.05) is 0 Å². The van der Waals surface area contributed by atoms with Crippen molar-refractivity contribution < 1.29 is 33.8 Å². The molecule has 4 unspecified atom stereocenters. The molecule has 0 spiro atoms. The first-order valence-electron chi connectivity index (χ1n) is 6.40. The molecule has 13 heteroatoms. The van der Waals surface area contributed by atoms with Crippen molar-refractivity contribution in [2.75, 3.05) is 6.61 Å². The Bertz CT molecular complexity index is 819. The average molecular weight is 364 g/mol. The molecule has 3 heterocycles. The summed E-state index contributed by atoms with van der Waals surface area (Å²) in [5, 5.41) is 19.3. The van der Waals surface area contributed by atoms with Crippen LogP contribution in [-0.2, 0) is 13.8 Å². The Morgan fingerprint density at radius 1 is 1.48 bits per heavy atom. The fourth-order valence-corrected chi connectivity index (χ4v) is 3.18. The number of ether oxygens (including phenoxy) is 1. The number of phosphoric acid groups is 1. The molecule has 1 saturated heterocycles. The van der Waals surface area contributed by atoms with Gasteiger partial charge in [0.2, 0.25) is 0 Å². The molecule has 0 aromatic carbocycles. The highest BCUT2D eigenvalue weighted by molar-refractivity contribution is 7.71. The predicted molar refractivity (Wildman–Crippen MR) is 76.6 cm³/mol. The second-order valence-electron chi connectivity index (χ2n) is 4.86. The molecule has 1 aliphatic heterocycles. The molecule has 3 rings (SSSR count). The van der Waals surface area contributed by atoms with Crippen molar-refractivity contribution in [2.45, 2.75) is 24.5 Å². The molecule has 5 N–H and O–H groups in total. The molecule has 2 aromatic rings. The molecule has 23 heavy (non-hydrogen) atoms. The molecule has 0 radical (unpaired) electrons. The summed E-state index contributed by atoms with van der Waals surface area (Å²) in [4.78, 5) is 28.8. The number of hydrogen-bond donors (Lipinski definition) is 5. The first-order valence-corrected chi connectivity index (χ1v) is 8.34. The maximum absolute atomic E-state index is 11.1. The topological polar surface area (TPSA) is 163 Å². The van der Waals surface area contributed by atoms with E-state index >= 15 is 0 Å². The van der Waals surface area contributed by atoms with Gasteiger partial charge in [-0.2, -0.15) is 0 Å². The zero-order valence-corrected chi connectivity index (χ0v) is 13.1. The van der Waals surface area contributed by atoms with Crippen LogP contribution in [0.2, 0.25) is 0 Å². The number of hydrogen-bond acceptors (Lipinski definition) is 8. The van der Waals surface area contributed by atoms with Crippen molar-refractivity contribution >= 4 is 31.2 Å². The van der Waals surface area contributed by atoms with Crippen molar-refractivity contribution in [3.63, 3.8) is 0 Å². The number of nitrogens with one attached hydrogen (secondary N) is 1. The van der Waals surface area contributed by atoms with E-state index in [1.165, 1.54) is 17.2 Å². The van der Waals surface area contributed by atoms with Crippen LogP contribution in [0.15, 0.2) is 12.7 Å². The van der Waals surface area contributed by atoms with Gasteiger partial charge in [-0.1, -0.05) is 12.2 Å². The summed E-state index contributed by atoms with van der Waals surface area (Å²) in [5.41, 5.74) is 0.725. The van der Waals surface area contributed by atoms with Crippen molar-refractivity contribution in [1.29, 1.82) is 0 Å². The lowest BCUT2D eigenvalue weighted by atomic mass is 10.1. The van der Waals surface area contributed by atoms with Gasteiger partial charge in [-0.05, 0) is 0 Å². The van der Waals surface area contributed by atoms with E-state index in [9.17, 15) is 14.8 Å². The van der Waals surface area contributed by atoms with E-state index in [0.29, 0.717) is 11.2 Å². The number of phosphoric ester groups is 1. The normalized spacial score (nSPS) is 28.5. The van der Waals surface area contributed by atoms with Gasteiger partial charge < -0.3 is 29.7 Å². The number of rotatable bonds is 4. The highest BCUT2D eigenvalue weighted by atomic mass is 32.1. The third-order valence-corrected chi connectivity index (χ3v) is 4.22. The largest absolute Gasteiger partial charge is 0.470 e. The molecule has 126 valence electrons. The predicted octanol–water partition coefficient (Wildman–Crippen LogP) is -0.783. The van der Waals surface area contributed by atoms with Gasteiger partial charge in [0.15, 0.2) is 10.9 Å². The molecule has 1 fully saturated rings. The lowest BCUT2D eigenvalue weighted by Gasteiger charge is -2.22. The second kappa shape index (κ2) is 6.00. The van der Waals surface area contributed by atoms with E-state index < -0.39 is 39.0 Å². The first-order chi connectivity index (χ1) is 10.8. The fourth-order valence-electron chi connectivity index (χ4n) is 2.43. The van der Waals surface area contributed by atoms with Crippen LogP contribution in [0.25, 0.3) is 11.2 Å². The number of aliphatic hydroxyl groups excluding tert-OH is 2. The number of aromatic nitrogens is 4. The Morgan fingerprint density at radius 2 is 2.22 bits per heavy atom. The molecule has 1 aliphatic rings. The number of imidazole rings is 1. The maximum Gasteiger partial charge on any atom is 0.470 e. The van der Waals surface area contributed by atoms with E-state index in [-0.39, 0.29) is 4.64 Å². The van der Waals surface area contributed by atoms with Crippen LogP contribution >= 0.6 is 20.0 Å². The summed E-state index contributed by atoms with van der Waals surface area (Å²) in [6.07, 6.45) is -2.42. The minimum Gasteiger partial charge on any atom is -0.394 e. The van der Waals surface area contributed by atoms with Crippen LogP contribution in [-0.4, -0.2) is 64.4 Å². The Morgan fingerprint density at radius 3 is 2.87 bits per heavy atom. The lowest BCUT2D eigenvalue weighted by molar-refractivity contribution is -0.0505. The smallest absolute Gasteiger partial charge is 0.394 e. The van der Waals surface area contributed by atoms with Crippen molar-refractivity contribution in [3.05, 3.63) is 17.3 Å². The van der Waals surface area contributed by atoms with Gasteiger partial charge in [0.1, 0.15) is 29.5 Å². The monoisotopic (exact) mass is 364 g/mol. The SMILES string of the molecule is O=P(O)(O)OC1C(O)C(CO)OC1n1cnc2c(=S)nc[nH]c21. The molecule has 0 aliphatic carbocycles. The van der Waals surface area contributed by atoms with Gasteiger partial charge >= 0.3 is 7.82 Å². The van der Waals surface area contributed by atoms with E-state index in [4.69, 9.17) is 26.7 Å². The highest BCUT2D eigenvalue weighted by Crippen LogP contribution is 2.44. The summed E-state index contributed by atoms with van der Waals surface area (Å²) in [5.74, 6) is 0. The molecule has 0 amide bonds. The Labute approximate surface area is 133 Å². The molecule has 0 saturated carbocycles. The summed E-state index contributed by atoms with van der Waals surface area (Å²) in [6.45, 7) is -0.553. The number of nitrogens with zero attached hydrogens (tertiary/aromatic N) is 3. The minimum atomic E-state index is -4.90. The Hall–Kier alpha value is -1.24. The molecule has 11 nitrogen and oxygen atoms in total. The van der Waals surface area contributed by atoms with Crippen LogP contribution in [0.1, 0.15) is 6.23 Å². The zero-order valence-electron chi connectivity index (χ0n) is 11.4. The minimum absolute atomic E-state index is 0.224. The van der Waals surface area contributed by atoms with Crippen LogP contribution in [0.3, 0.4) is 0 Å². The van der Waals surface area contributed by atoms with Crippen LogP contribution < -0.4 is 0 Å². The summed E-state index contributed by atoms with van der Waals surface area (Å²) >= 11 is 5.04. The van der Waals surface area contributed by atoms with Gasteiger partial charge in [-0.25, -0.2) is 14.5 Å². The van der Waals surface area contributed by atoms with Crippen molar-refractivity contribution in [3.8, 4) is 0 Å². The number of aromatic amines is 1.